The number of rotatable bonds is 10. The summed E-state index contributed by atoms with van der Waals surface area (Å²) in [6.07, 6.45) is 10.4. The summed E-state index contributed by atoms with van der Waals surface area (Å²) in [5, 5.41) is 3.53. The van der Waals surface area contributed by atoms with Crippen molar-refractivity contribution >= 4 is 5.82 Å². The molecule has 3 heteroatoms. The quantitative estimate of drug-likeness (QED) is 0.590. The molecule has 2 aromatic rings. The maximum Gasteiger partial charge on any atom is 0.133 e. The minimum atomic E-state index is 0.881. The van der Waals surface area contributed by atoms with Crippen molar-refractivity contribution in [2.45, 2.75) is 65.7 Å². The summed E-state index contributed by atoms with van der Waals surface area (Å²) in [5.41, 5.74) is 4.88. The zero-order chi connectivity index (χ0) is 17.2. The molecule has 1 aromatic heterocycles. The van der Waals surface area contributed by atoms with Crippen LogP contribution in [0.4, 0.5) is 5.82 Å². The summed E-state index contributed by atoms with van der Waals surface area (Å²) in [4.78, 5) is 8.86. The number of aromatic nitrogens is 2. The van der Waals surface area contributed by atoms with Crippen molar-refractivity contribution < 1.29 is 0 Å². The van der Waals surface area contributed by atoms with Gasteiger partial charge in [0.15, 0.2) is 0 Å². The van der Waals surface area contributed by atoms with E-state index in [-0.39, 0.29) is 0 Å². The van der Waals surface area contributed by atoms with Crippen LogP contribution < -0.4 is 5.32 Å². The van der Waals surface area contributed by atoms with Crippen molar-refractivity contribution in [3.05, 3.63) is 53.0 Å². The molecule has 0 saturated heterocycles. The van der Waals surface area contributed by atoms with Crippen LogP contribution in [-0.2, 0) is 6.42 Å². The van der Waals surface area contributed by atoms with E-state index in [2.05, 4.69) is 60.3 Å². The molecular formula is C21H31N3. The Hall–Kier alpha value is -1.90. The molecule has 3 nitrogen and oxygen atoms in total. The van der Waals surface area contributed by atoms with Gasteiger partial charge in [0, 0.05) is 24.2 Å². The first kappa shape index (κ1) is 18.4. The van der Waals surface area contributed by atoms with E-state index in [4.69, 9.17) is 0 Å². The Morgan fingerprint density at radius 3 is 2.33 bits per heavy atom. The Kier molecular flexibility index (Phi) is 7.73. The van der Waals surface area contributed by atoms with Crippen LogP contribution in [-0.4, -0.2) is 16.5 Å². The van der Waals surface area contributed by atoms with E-state index >= 15 is 0 Å². The van der Waals surface area contributed by atoms with Gasteiger partial charge in [-0.15, -0.1) is 0 Å². The van der Waals surface area contributed by atoms with Gasteiger partial charge < -0.3 is 5.32 Å². The van der Waals surface area contributed by atoms with Crippen LogP contribution in [0.1, 0.15) is 67.8 Å². The van der Waals surface area contributed by atoms with Crippen LogP contribution in [0, 0.1) is 13.8 Å². The van der Waals surface area contributed by atoms with Gasteiger partial charge in [0.1, 0.15) is 12.1 Å². The van der Waals surface area contributed by atoms with Crippen LogP contribution in [0.3, 0.4) is 0 Å². The summed E-state index contributed by atoms with van der Waals surface area (Å²) < 4.78 is 0. The molecule has 130 valence electrons. The molecule has 1 aromatic carbocycles. The van der Waals surface area contributed by atoms with E-state index in [0.717, 1.165) is 24.5 Å². The summed E-state index contributed by atoms with van der Waals surface area (Å²) in [7, 11) is 0. The summed E-state index contributed by atoms with van der Waals surface area (Å²) in [5.74, 6) is 0.997. The first-order chi connectivity index (χ1) is 11.7. The van der Waals surface area contributed by atoms with E-state index < -0.39 is 0 Å². The average molecular weight is 326 g/mol. The number of aryl methyl sites for hydroxylation is 2. The first-order valence-electron chi connectivity index (χ1n) is 9.30. The molecule has 0 unspecified atom stereocenters. The molecule has 0 radical (unpaired) electrons. The van der Waals surface area contributed by atoms with E-state index in [1.165, 1.54) is 55.2 Å². The average Bonchev–Trinajstić information content (AvgIpc) is 2.58. The number of unbranched alkanes of at least 4 members (excludes halogenated alkanes) is 5. The molecule has 0 fully saturated rings. The molecule has 1 N–H and O–H groups in total. The van der Waals surface area contributed by atoms with Crippen LogP contribution in [0.2, 0.25) is 0 Å². The maximum absolute atomic E-state index is 4.48. The molecule has 0 saturated carbocycles. The third kappa shape index (κ3) is 5.95. The van der Waals surface area contributed by atoms with Crippen molar-refractivity contribution in [1.82, 2.24) is 9.97 Å². The van der Waals surface area contributed by atoms with Crippen LogP contribution in [0.15, 0.2) is 30.6 Å². The highest BCUT2D eigenvalue weighted by atomic mass is 15.0. The van der Waals surface area contributed by atoms with Gasteiger partial charge in [0.2, 0.25) is 0 Å². The Balaban J connectivity index is 1.90. The van der Waals surface area contributed by atoms with Crippen molar-refractivity contribution in [3.63, 3.8) is 0 Å². The third-order valence-corrected chi connectivity index (χ3v) is 4.49. The van der Waals surface area contributed by atoms with Gasteiger partial charge in [-0.05, 0) is 25.8 Å². The van der Waals surface area contributed by atoms with E-state index in [0.29, 0.717) is 0 Å². The number of hydrogen-bond acceptors (Lipinski definition) is 3. The van der Waals surface area contributed by atoms with Crippen LogP contribution in [0.5, 0.6) is 0 Å². The zero-order valence-electron chi connectivity index (χ0n) is 15.4. The molecule has 0 aliphatic carbocycles. The number of hydrogen-bond donors (Lipinski definition) is 1. The molecule has 2 rings (SSSR count). The Morgan fingerprint density at radius 1 is 0.875 bits per heavy atom. The normalized spacial score (nSPS) is 10.8. The lowest BCUT2D eigenvalue weighted by molar-refractivity contribution is 0.616. The van der Waals surface area contributed by atoms with Gasteiger partial charge >= 0.3 is 0 Å². The van der Waals surface area contributed by atoms with Crippen molar-refractivity contribution in [2.75, 3.05) is 11.9 Å². The highest BCUT2D eigenvalue weighted by Crippen LogP contribution is 2.20. The minimum Gasteiger partial charge on any atom is -0.370 e. The molecule has 0 aliphatic rings. The number of benzene rings is 1. The number of anilines is 1. The zero-order valence-corrected chi connectivity index (χ0v) is 15.4. The van der Waals surface area contributed by atoms with E-state index in [9.17, 15) is 0 Å². The summed E-state index contributed by atoms with van der Waals surface area (Å²) in [6.45, 7) is 7.44. The second kappa shape index (κ2) is 10.1. The molecule has 24 heavy (non-hydrogen) atoms. The van der Waals surface area contributed by atoms with Gasteiger partial charge in [-0.3, -0.25) is 0 Å². The molecule has 0 aliphatic heterocycles. The largest absolute Gasteiger partial charge is 0.370 e. The highest BCUT2D eigenvalue weighted by molar-refractivity contribution is 5.48. The standard InChI is InChI=1S/C21H31N3/c1-4-5-6-7-8-9-14-22-21-20(18(3)23-16-24-21)15-19-12-10-17(2)11-13-19/h10-13,16H,4-9,14-15H2,1-3H3,(H,22,23,24). The van der Waals surface area contributed by atoms with Gasteiger partial charge in [-0.1, -0.05) is 68.9 Å². The molecule has 0 amide bonds. The Bertz CT molecular complexity index is 605. The van der Waals surface area contributed by atoms with Crippen LogP contribution in [0.25, 0.3) is 0 Å². The van der Waals surface area contributed by atoms with Crippen molar-refractivity contribution in [2.24, 2.45) is 0 Å². The smallest absolute Gasteiger partial charge is 0.133 e. The van der Waals surface area contributed by atoms with Crippen molar-refractivity contribution in [1.29, 1.82) is 0 Å². The molecule has 0 spiro atoms. The second-order valence-corrected chi connectivity index (χ2v) is 6.64. The molecule has 0 bridgehead atoms. The fourth-order valence-corrected chi connectivity index (χ4v) is 2.89. The summed E-state index contributed by atoms with van der Waals surface area (Å²) >= 11 is 0. The Labute approximate surface area is 146 Å². The SMILES string of the molecule is CCCCCCCCNc1ncnc(C)c1Cc1ccc(C)cc1. The van der Waals surface area contributed by atoms with E-state index in [1.54, 1.807) is 6.33 Å². The lowest BCUT2D eigenvalue weighted by atomic mass is 10.0. The van der Waals surface area contributed by atoms with Gasteiger partial charge in [-0.2, -0.15) is 0 Å². The van der Waals surface area contributed by atoms with Crippen molar-refractivity contribution in [3.8, 4) is 0 Å². The third-order valence-electron chi connectivity index (χ3n) is 4.49. The van der Waals surface area contributed by atoms with Gasteiger partial charge in [-0.25, -0.2) is 9.97 Å². The second-order valence-electron chi connectivity index (χ2n) is 6.64. The first-order valence-corrected chi connectivity index (χ1v) is 9.30. The fourth-order valence-electron chi connectivity index (χ4n) is 2.89. The van der Waals surface area contributed by atoms with Gasteiger partial charge in [0.25, 0.3) is 0 Å². The predicted molar refractivity (Wildman–Crippen MR) is 103 cm³/mol. The lowest BCUT2D eigenvalue weighted by Gasteiger charge is -2.13. The maximum atomic E-state index is 4.48. The topological polar surface area (TPSA) is 37.8 Å². The van der Waals surface area contributed by atoms with E-state index in [1.807, 2.05) is 0 Å². The van der Waals surface area contributed by atoms with Gasteiger partial charge in [0.05, 0.1) is 0 Å². The number of nitrogens with zero attached hydrogens (tertiary/aromatic N) is 2. The Morgan fingerprint density at radius 2 is 1.58 bits per heavy atom. The van der Waals surface area contributed by atoms with Crippen LogP contribution >= 0.6 is 0 Å². The lowest BCUT2D eigenvalue weighted by Crippen LogP contribution is -2.09. The summed E-state index contributed by atoms with van der Waals surface area (Å²) in [6, 6.07) is 8.72. The molecular weight excluding hydrogens is 294 g/mol. The predicted octanol–water partition coefficient (Wildman–Crippen LogP) is 5.46. The minimum absolute atomic E-state index is 0.881. The molecule has 0 atom stereocenters. The molecule has 1 heterocycles. The highest BCUT2D eigenvalue weighted by Gasteiger charge is 2.09. The fraction of sp³-hybridized carbons (Fsp3) is 0.524. The monoisotopic (exact) mass is 325 g/mol. The number of nitrogens with one attached hydrogen (secondary N) is 1.